The Labute approximate surface area is 153 Å². The van der Waals surface area contributed by atoms with E-state index in [1.807, 2.05) is 13.8 Å². The first kappa shape index (κ1) is 18.8. The summed E-state index contributed by atoms with van der Waals surface area (Å²) in [5.41, 5.74) is 4.03. The maximum absolute atomic E-state index is 13.3. The zero-order valence-corrected chi connectivity index (χ0v) is 15.1. The van der Waals surface area contributed by atoms with Gasteiger partial charge < -0.3 is 10.5 Å². The third kappa shape index (κ3) is 2.87. The molecule has 0 bridgehead atoms. The zero-order chi connectivity index (χ0) is 19.3. The number of fused-ring (bicyclic) bond motifs is 1. The summed E-state index contributed by atoms with van der Waals surface area (Å²) in [6.45, 7) is 3.61. The molecule has 1 aromatic heterocycles. The minimum atomic E-state index is -4.60. The Hall–Kier alpha value is -2.03. The highest BCUT2D eigenvalue weighted by Crippen LogP contribution is 2.42. The van der Waals surface area contributed by atoms with Crippen LogP contribution in [0.5, 0.6) is 0 Å². The van der Waals surface area contributed by atoms with Crippen LogP contribution in [0.3, 0.4) is 0 Å². The second-order valence-electron chi connectivity index (χ2n) is 6.45. The first-order valence-electron chi connectivity index (χ1n) is 7.91. The number of hydrazine groups is 2. The molecule has 2 heterocycles. The Morgan fingerprint density at radius 3 is 2.42 bits per heavy atom. The number of aromatic nitrogens is 1. The molecule has 0 saturated heterocycles. The lowest BCUT2D eigenvalue weighted by Crippen LogP contribution is -2.44. The Kier molecular flexibility index (Phi) is 4.54. The molecule has 2 aromatic rings. The summed E-state index contributed by atoms with van der Waals surface area (Å²) in [5.74, 6) is -0.294. The Morgan fingerprint density at radius 2 is 1.88 bits per heavy atom. The molecule has 3 N–H and O–H groups in total. The number of likely N-dealkylation sites (N-methyl/N-ethyl adjacent to an activating group) is 1. The highest BCUT2D eigenvalue weighted by atomic mass is 35.5. The summed E-state index contributed by atoms with van der Waals surface area (Å²) in [5, 5.41) is 12.5. The minimum Gasteiger partial charge on any atom is -0.377 e. The number of rotatable bonds is 3. The van der Waals surface area contributed by atoms with E-state index in [0.29, 0.717) is 5.70 Å². The van der Waals surface area contributed by atoms with Crippen LogP contribution in [-0.2, 0) is 11.8 Å². The van der Waals surface area contributed by atoms with Crippen LogP contribution in [0, 0.1) is 5.92 Å². The fourth-order valence-electron chi connectivity index (χ4n) is 3.12. The van der Waals surface area contributed by atoms with Crippen molar-refractivity contribution in [3.05, 3.63) is 52.4 Å². The third-order valence-electron chi connectivity index (χ3n) is 4.52. The Morgan fingerprint density at radius 1 is 1.19 bits per heavy atom. The third-order valence-corrected chi connectivity index (χ3v) is 4.84. The largest absolute Gasteiger partial charge is 0.418 e. The maximum Gasteiger partial charge on any atom is 0.418 e. The summed E-state index contributed by atoms with van der Waals surface area (Å²) in [7, 11) is 1.71. The molecule has 0 fully saturated rings. The number of nitrogens with zero attached hydrogens (tertiary/aromatic N) is 2. The lowest BCUT2D eigenvalue weighted by atomic mass is 9.83. The van der Waals surface area contributed by atoms with Gasteiger partial charge in [0.05, 0.1) is 27.5 Å². The van der Waals surface area contributed by atoms with Gasteiger partial charge in [-0.15, -0.1) is 5.53 Å². The van der Waals surface area contributed by atoms with Crippen LogP contribution in [0.1, 0.15) is 25.1 Å². The van der Waals surface area contributed by atoms with E-state index in [-0.39, 0.29) is 27.5 Å². The molecule has 1 aliphatic rings. The topological polar surface area (TPSA) is 60.4 Å². The van der Waals surface area contributed by atoms with Gasteiger partial charge in [0.2, 0.25) is 0 Å². The smallest absolute Gasteiger partial charge is 0.377 e. The van der Waals surface area contributed by atoms with Gasteiger partial charge in [-0.05, 0) is 24.1 Å². The van der Waals surface area contributed by atoms with Crippen molar-refractivity contribution in [3.63, 3.8) is 0 Å². The summed E-state index contributed by atoms with van der Waals surface area (Å²) >= 11 is 5.76. The highest BCUT2D eigenvalue weighted by Gasteiger charge is 2.43. The van der Waals surface area contributed by atoms with E-state index in [1.165, 1.54) is 24.3 Å². The number of hydrogen-bond donors (Lipinski definition) is 3. The quantitative estimate of drug-likeness (QED) is 0.753. The normalized spacial score (nSPS) is 17.4. The van der Waals surface area contributed by atoms with Crippen molar-refractivity contribution in [2.45, 2.75) is 25.6 Å². The Bertz CT molecular complexity index is 884. The molecule has 9 heteroatoms. The molecule has 140 valence electrons. The number of alkyl halides is 3. The van der Waals surface area contributed by atoms with Crippen molar-refractivity contribution in [1.82, 2.24) is 21.0 Å². The van der Waals surface area contributed by atoms with Crippen molar-refractivity contribution in [2.24, 2.45) is 5.92 Å². The van der Waals surface area contributed by atoms with E-state index in [2.05, 4.69) is 15.9 Å². The standard InChI is InChI=1S/C17H18ClF3N4O/c1-9(2)16(26,14-8-22-24-25(14)3)13-7-4-10-12(23-13)6-5-11(18)15(10)17(19,20)21/h4-9,22,24,26H,1-3H3. The highest BCUT2D eigenvalue weighted by molar-refractivity contribution is 6.32. The van der Waals surface area contributed by atoms with Crippen molar-refractivity contribution in [1.29, 1.82) is 0 Å². The maximum atomic E-state index is 13.3. The molecule has 3 rings (SSSR count). The number of benzene rings is 1. The first-order chi connectivity index (χ1) is 12.1. The van der Waals surface area contributed by atoms with E-state index in [0.717, 1.165) is 0 Å². The van der Waals surface area contributed by atoms with Crippen molar-refractivity contribution < 1.29 is 18.3 Å². The molecule has 0 saturated carbocycles. The molecule has 0 aliphatic carbocycles. The lowest BCUT2D eigenvalue weighted by Gasteiger charge is -2.35. The van der Waals surface area contributed by atoms with Gasteiger partial charge in [-0.2, -0.15) is 13.2 Å². The lowest BCUT2D eigenvalue weighted by molar-refractivity contribution is -0.136. The van der Waals surface area contributed by atoms with Crippen LogP contribution < -0.4 is 11.0 Å². The molecular formula is C17H18ClF3N4O. The summed E-state index contributed by atoms with van der Waals surface area (Å²) in [6.07, 6.45) is -3.01. The number of hydrogen-bond acceptors (Lipinski definition) is 5. The molecular weight excluding hydrogens is 369 g/mol. The average Bonchev–Trinajstić information content (AvgIpc) is 2.98. The van der Waals surface area contributed by atoms with Gasteiger partial charge in [0.25, 0.3) is 0 Å². The monoisotopic (exact) mass is 386 g/mol. The Balaban J connectivity index is 2.21. The molecule has 5 nitrogen and oxygen atoms in total. The molecule has 1 aromatic carbocycles. The van der Waals surface area contributed by atoms with Crippen LogP contribution in [0.2, 0.25) is 5.02 Å². The second-order valence-corrected chi connectivity index (χ2v) is 6.86. The van der Waals surface area contributed by atoms with Gasteiger partial charge in [0.15, 0.2) is 5.60 Å². The van der Waals surface area contributed by atoms with Crippen LogP contribution in [0.25, 0.3) is 10.9 Å². The fraction of sp³-hybridized carbons (Fsp3) is 0.353. The molecule has 1 atom stereocenters. The van der Waals surface area contributed by atoms with E-state index in [9.17, 15) is 18.3 Å². The van der Waals surface area contributed by atoms with Crippen LogP contribution >= 0.6 is 11.6 Å². The van der Waals surface area contributed by atoms with Crippen LogP contribution in [-0.4, -0.2) is 22.1 Å². The van der Waals surface area contributed by atoms with E-state index >= 15 is 0 Å². The van der Waals surface area contributed by atoms with Gasteiger partial charge in [-0.25, -0.2) is 4.98 Å². The average molecular weight is 387 g/mol. The van der Waals surface area contributed by atoms with Crippen molar-refractivity contribution >= 4 is 22.5 Å². The van der Waals surface area contributed by atoms with E-state index in [1.54, 1.807) is 18.3 Å². The molecule has 1 unspecified atom stereocenters. The van der Waals surface area contributed by atoms with Gasteiger partial charge in [-0.1, -0.05) is 31.5 Å². The first-order valence-corrected chi connectivity index (χ1v) is 8.29. The summed E-state index contributed by atoms with van der Waals surface area (Å²) < 4.78 is 40.0. The molecule has 0 amide bonds. The number of nitrogens with one attached hydrogen (secondary N) is 2. The molecule has 0 radical (unpaired) electrons. The van der Waals surface area contributed by atoms with Gasteiger partial charge in [0.1, 0.15) is 0 Å². The predicted octanol–water partition coefficient (Wildman–Crippen LogP) is 3.55. The molecule has 26 heavy (non-hydrogen) atoms. The van der Waals surface area contributed by atoms with E-state index < -0.39 is 17.3 Å². The summed E-state index contributed by atoms with van der Waals surface area (Å²) in [4.78, 5) is 4.33. The SMILES string of the molecule is CC(C)C(O)(C1=CNNN1C)c1ccc2c(C(F)(F)F)c(Cl)ccc2n1. The molecule has 0 spiro atoms. The molecule has 1 aliphatic heterocycles. The van der Waals surface area contributed by atoms with E-state index in [4.69, 9.17) is 11.6 Å². The number of pyridine rings is 1. The zero-order valence-electron chi connectivity index (χ0n) is 14.3. The van der Waals surface area contributed by atoms with Crippen LogP contribution in [0.4, 0.5) is 13.2 Å². The fourth-order valence-corrected chi connectivity index (χ4v) is 3.39. The minimum absolute atomic E-state index is 0.107. The number of aliphatic hydroxyl groups is 1. The van der Waals surface area contributed by atoms with Gasteiger partial charge in [0, 0.05) is 18.6 Å². The van der Waals surface area contributed by atoms with Gasteiger partial charge in [-0.3, -0.25) is 5.01 Å². The van der Waals surface area contributed by atoms with Crippen molar-refractivity contribution in [3.8, 4) is 0 Å². The van der Waals surface area contributed by atoms with Crippen molar-refractivity contribution in [2.75, 3.05) is 7.05 Å². The summed E-state index contributed by atoms with van der Waals surface area (Å²) in [6, 6.07) is 5.29. The van der Waals surface area contributed by atoms with Gasteiger partial charge >= 0.3 is 6.18 Å². The predicted molar refractivity (Wildman–Crippen MR) is 92.6 cm³/mol. The number of halogens is 4. The van der Waals surface area contributed by atoms with Crippen LogP contribution in [0.15, 0.2) is 36.2 Å². The second kappa shape index (κ2) is 6.29.